The normalized spacial score (nSPS) is 24.2. The Kier molecular flexibility index (Phi) is 4.51. The molecule has 0 aromatic heterocycles. The largest absolute Gasteiger partial charge is 0.488 e. The summed E-state index contributed by atoms with van der Waals surface area (Å²) >= 11 is 0. The fraction of sp³-hybridized carbons (Fsp3) is 0.647. The van der Waals surface area contributed by atoms with Crippen LogP contribution in [-0.2, 0) is 5.41 Å². The predicted molar refractivity (Wildman–Crippen MR) is 78.6 cm³/mol. The summed E-state index contributed by atoms with van der Waals surface area (Å²) in [5.41, 5.74) is 1.55. The zero-order valence-electron chi connectivity index (χ0n) is 12.4. The molecule has 1 aliphatic rings. The van der Waals surface area contributed by atoms with E-state index in [0.29, 0.717) is 0 Å². The van der Waals surface area contributed by atoms with E-state index in [-0.39, 0.29) is 17.6 Å². The molecule has 0 aliphatic heterocycles. The Labute approximate surface area is 116 Å². The molecule has 2 heteroatoms. The SMILES string of the molecule is CCC(C)(C)c1ccc(OC2CCCCC2O)cc1. The highest BCUT2D eigenvalue weighted by Crippen LogP contribution is 2.29. The van der Waals surface area contributed by atoms with Crippen LogP contribution >= 0.6 is 0 Å². The Morgan fingerprint density at radius 1 is 1.16 bits per heavy atom. The van der Waals surface area contributed by atoms with Crippen LogP contribution in [0.2, 0.25) is 0 Å². The van der Waals surface area contributed by atoms with Gasteiger partial charge in [0.15, 0.2) is 0 Å². The molecule has 2 unspecified atom stereocenters. The molecule has 19 heavy (non-hydrogen) atoms. The summed E-state index contributed by atoms with van der Waals surface area (Å²) in [6, 6.07) is 8.37. The van der Waals surface area contributed by atoms with Gasteiger partial charge in [-0.05, 0) is 48.8 Å². The quantitative estimate of drug-likeness (QED) is 0.886. The van der Waals surface area contributed by atoms with Crippen LogP contribution in [0.5, 0.6) is 5.75 Å². The molecule has 2 rings (SSSR count). The van der Waals surface area contributed by atoms with Gasteiger partial charge in [0, 0.05) is 0 Å². The van der Waals surface area contributed by atoms with Crippen LogP contribution in [0.15, 0.2) is 24.3 Å². The van der Waals surface area contributed by atoms with Crippen molar-refractivity contribution < 1.29 is 9.84 Å². The molecule has 0 amide bonds. The van der Waals surface area contributed by atoms with Crippen molar-refractivity contribution in [2.24, 2.45) is 0 Å². The van der Waals surface area contributed by atoms with Crippen LogP contribution < -0.4 is 4.74 Å². The summed E-state index contributed by atoms with van der Waals surface area (Å²) in [6.07, 6.45) is 4.89. The first-order valence-corrected chi connectivity index (χ1v) is 7.48. The first-order chi connectivity index (χ1) is 9.03. The summed E-state index contributed by atoms with van der Waals surface area (Å²) in [7, 11) is 0. The van der Waals surface area contributed by atoms with Gasteiger partial charge in [-0.15, -0.1) is 0 Å². The number of rotatable bonds is 4. The minimum atomic E-state index is -0.305. The maximum Gasteiger partial charge on any atom is 0.124 e. The van der Waals surface area contributed by atoms with Crippen molar-refractivity contribution in [3.05, 3.63) is 29.8 Å². The van der Waals surface area contributed by atoms with E-state index in [1.165, 1.54) is 5.56 Å². The molecule has 2 nitrogen and oxygen atoms in total. The highest BCUT2D eigenvalue weighted by atomic mass is 16.5. The molecule has 0 spiro atoms. The Morgan fingerprint density at radius 3 is 2.37 bits per heavy atom. The van der Waals surface area contributed by atoms with Gasteiger partial charge in [0.1, 0.15) is 11.9 Å². The topological polar surface area (TPSA) is 29.5 Å². The second-order valence-electron chi connectivity index (χ2n) is 6.27. The van der Waals surface area contributed by atoms with Crippen molar-refractivity contribution in [2.45, 2.75) is 70.5 Å². The van der Waals surface area contributed by atoms with E-state index in [2.05, 4.69) is 32.9 Å². The molecule has 1 aromatic carbocycles. The van der Waals surface area contributed by atoms with Crippen LogP contribution in [-0.4, -0.2) is 17.3 Å². The molecule has 0 saturated heterocycles. The summed E-state index contributed by atoms with van der Waals surface area (Å²) < 4.78 is 5.92. The zero-order chi connectivity index (χ0) is 13.9. The Hall–Kier alpha value is -1.02. The minimum Gasteiger partial charge on any atom is -0.488 e. The van der Waals surface area contributed by atoms with E-state index in [1.54, 1.807) is 0 Å². The van der Waals surface area contributed by atoms with E-state index < -0.39 is 0 Å². The second kappa shape index (κ2) is 5.96. The Balaban J connectivity index is 2.02. The van der Waals surface area contributed by atoms with Crippen molar-refractivity contribution in [1.82, 2.24) is 0 Å². The highest BCUT2D eigenvalue weighted by Gasteiger charge is 2.25. The second-order valence-corrected chi connectivity index (χ2v) is 6.27. The van der Waals surface area contributed by atoms with E-state index in [4.69, 9.17) is 4.74 Å². The minimum absolute atomic E-state index is 0.0289. The third kappa shape index (κ3) is 3.50. The lowest BCUT2D eigenvalue weighted by atomic mass is 9.82. The summed E-state index contributed by atoms with van der Waals surface area (Å²) in [5, 5.41) is 9.93. The average molecular weight is 262 g/mol. The average Bonchev–Trinajstić information content (AvgIpc) is 2.42. The molecule has 106 valence electrons. The summed E-state index contributed by atoms with van der Waals surface area (Å²) in [5.74, 6) is 0.876. The molecule has 0 bridgehead atoms. The standard InChI is InChI=1S/C17H26O2/c1-4-17(2,3)13-9-11-14(12-10-13)19-16-8-6-5-7-15(16)18/h9-12,15-16,18H,4-8H2,1-3H3. The smallest absolute Gasteiger partial charge is 0.124 e. The van der Waals surface area contributed by atoms with Gasteiger partial charge >= 0.3 is 0 Å². The van der Waals surface area contributed by atoms with Crippen molar-refractivity contribution in [3.63, 3.8) is 0 Å². The lowest BCUT2D eigenvalue weighted by molar-refractivity contribution is 0.00686. The van der Waals surface area contributed by atoms with E-state index in [0.717, 1.165) is 37.9 Å². The fourth-order valence-corrected chi connectivity index (χ4v) is 2.58. The third-order valence-electron chi connectivity index (χ3n) is 4.47. The number of aliphatic hydroxyl groups is 1. The molecule has 0 radical (unpaired) electrons. The van der Waals surface area contributed by atoms with Crippen molar-refractivity contribution in [3.8, 4) is 5.75 Å². The molecule has 1 saturated carbocycles. The number of hydrogen-bond acceptors (Lipinski definition) is 2. The van der Waals surface area contributed by atoms with Crippen LogP contribution in [0.1, 0.15) is 58.4 Å². The van der Waals surface area contributed by atoms with E-state index >= 15 is 0 Å². The number of benzene rings is 1. The molecule has 0 heterocycles. The molecule has 1 N–H and O–H groups in total. The van der Waals surface area contributed by atoms with Gasteiger partial charge in [0.25, 0.3) is 0 Å². The number of aliphatic hydroxyl groups excluding tert-OH is 1. The van der Waals surface area contributed by atoms with Crippen LogP contribution in [0.3, 0.4) is 0 Å². The summed E-state index contributed by atoms with van der Waals surface area (Å²) in [6.45, 7) is 6.73. The zero-order valence-corrected chi connectivity index (χ0v) is 12.4. The fourth-order valence-electron chi connectivity index (χ4n) is 2.58. The van der Waals surface area contributed by atoms with E-state index in [1.807, 2.05) is 12.1 Å². The molecular formula is C17H26O2. The summed E-state index contributed by atoms with van der Waals surface area (Å²) in [4.78, 5) is 0. The monoisotopic (exact) mass is 262 g/mol. The van der Waals surface area contributed by atoms with Gasteiger partial charge < -0.3 is 9.84 Å². The van der Waals surface area contributed by atoms with Gasteiger partial charge in [-0.2, -0.15) is 0 Å². The molecule has 1 aromatic rings. The van der Waals surface area contributed by atoms with Gasteiger partial charge in [0.2, 0.25) is 0 Å². The van der Waals surface area contributed by atoms with E-state index in [9.17, 15) is 5.11 Å². The molecule has 1 fully saturated rings. The lowest BCUT2D eigenvalue weighted by Gasteiger charge is -2.28. The van der Waals surface area contributed by atoms with Gasteiger partial charge in [0.05, 0.1) is 6.10 Å². The third-order valence-corrected chi connectivity index (χ3v) is 4.47. The molecular weight excluding hydrogens is 236 g/mol. The van der Waals surface area contributed by atoms with Crippen LogP contribution in [0, 0.1) is 0 Å². The van der Waals surface area contributed by atoms with Gasteiger partial charge in [-0.3, -0.25) is 0 Å². The molecule has 2 atom stereocenters. The first kappa shape index (κ1) is 14.4. The van der Waals surface area contributed by atoms with Crippen molar-refractivity contribution in [1.29, 1.82) is 0 Å². The first-order valence-electron chi connectivity index (χ1n) is 7.48. The van der Waals surface area contributed by atoms with Gasteiger partial charge in [-0.1, -0.05) is 39.3 Å². The van der Waals surface area contributed by atoms with Crippen molar-refractivity contribution >= 4 is 0 Å². The van der Waals surface area contributed by atoms with Gasteiger partial charge in [-0.25, -0.2) is 0 Å². The Bertz CT molecular complexity index is 394. The maximum absolute atomic E-state index is 9.93. The van der Waals surface area contributed by atoms with Crippen LogP contribution in [0.25, 0.3) is 0 Å². The number of ether oxygens (including phenoxy) is 1. The van der Waals surface area contributed by atoms with Crippen molar-refractivity contribution in [2.75, 3.05) is 0 Å². The number of hydrogen-bond donors (Lipinski definition) is 1. The lowest BCUT2D eigenvalue weighted by Crippen LogP contribution is -2.34. The predicted octanol–water partition coefficient (Wildman–Crippen LogP) is 4.06. The van der Waals surface area contributed by atoms with Crippen LogP contribution in [0.4, 0.5) is 0 Å². The Morgan fingerprint density at radius 2 is 1.79 bits per heavy atom. The highest BCUT2D eigenvalue weighted by molar-refractivity contribution is 5.31. The molecule has 1 aliphatic carbocycles. The maximum atomic E-state index is 9.93.